The first-order valence-corrected chi connectivity index (χ1v) is 11.2. The number of thioether (sulfide) groups is 1. The summed E-state index contributed by atoms with van der Waals surface area (Å²) in [6, 6.07) is 17.1. The molecule has 0 spiro atoms. The second-order valence-electron chi connectivity index (χ2n) is 7.83. The molecule has 4 aromatic rings. The SMILES string of the molecule is Cc1cc(SC(c2ccc(C(F)(F)F)c(C)c2)c2[nH]nc3ccccc23)ccc1OCC(=O)O. The van der Waals surface area contributed by atoms with Crippen LogP contribution in [0.1, 0.15) is 33.2 Å². The number of aromatic nitrogens is 2. The number of benzene rings is 3. The topological polar surface area (TPSA) is 75.2 Å². The highest BCUT2D eigenvalue weighted by molar-refractivity contribution is 7.99. The van der Waals surface area contributed by atoms with Crippen molar-refractivity contribution >= 4 is 28.6 Å². The Hall–Kier alpha value is -3.46. The van der Waals surface area contributed by atoms with Gasteiger partial charge in [0.05, 0.1) is 22.0 Å². The van der Waals surface area contributed by atoms with Crippen LogP contribution < -0.4 is 4.74 Å². The molecule has 34 heavy (non-hydrogen) atoms. The van der Waals surface area contributed by atoms with Gasteiger partial charge in [-0.2, -0.15) is 18.3 Å². The van der Waals surface area contributed by atoms with Crippen molar-refractivity contribution in [2.45, 2.75) is 30.2 Å². The van der Waals surface area contributed by atoms with Crippen LogP contribution in [0.5, 0.6) is 5.75 Å². The van der Waals surface area contributed by atoms with Crippen molar-refractivity contribution in [1.82, 2.24) is 10.2 Å². The van der Waals surface area contributed by atoms with Gasteiger partial charge in [-0.05, 0) is 60.9 Å². The Balaban J connectivity index is 1.74. The molecule has 5 nitrogen and oxygen atoms in total. The Bertz CT molecular complexity index is 1350. The van der Waals surface area contributed by atoms with Crippen LogP contribution in [0.25, 0.3) is 10.9 Å². The molecule has 0 aliphatic rings. The summed E-state index contributed by atoms with van der Waals surface area (Å²) in [7, 11) is 0. The fourth-order valence-corrected chi connectivity index (χ4v) is 5.02. The maximum atomic E-state index is 13.3. The normalized spacial score (nSPS) is 12.6. The molecule has 1 aromatic heterocycles. The van der Waals surface area contributed by atoms with Gasteiger partial charge in [0.15, 0.2) is 6.61 Å². The third-order valence-corrected chi connectivity index (χ3v) is 6.63. The zero-order valence-corrected chi connectivity index (χ0v) is 19.1. The number of hydrogen-bond donors (Lipinski definition) is 2. The lowest BCUT2D eigenvalue weighted by molar-refractivity contribution is -0.139. The van der Waals surface area contributed by atoms with Crippen molar-refractivity contribution in [2.75, 3.05) is 6.61 Å². The number of halogens is 3. The van der Waals surface area contributed by atoms with Gasteiger partial charge in [-0.25, -0.2) is 4.79 Å². The molecule has 0 saturated heterocycles. The highest BCUT2D eigenvalue weighted by Gasteiger charge is 2.33. The summed E-state index contributed by atoms with van der Waals surface area (Å²) in [5.41, 5.74) is 2.49. The average molecular weight is 487 g/mol. The quantitative estimate of drug-likeness (QED) is 0.290. The Morgan fingerprint density at radius 3 is 2.53 bits per heavy atom. The summed E-state index contributed by atoms with van der Waals surface area (Å²) in [5, 5.41) is 16.8. The highest BCUT2D eigenvalue weighted by atomic mass is 32.2. The number of alkyl halides is 3. The summed E-state index contributed by atoms with van der Waals surface area (Å²) in [6.07, 6.45) is -4.42. The number of aryl methyl sites for hydroxylation is 2. The van der Waals surface area contributed by atoms with Crippen molar-refractivity contribution in [3.8, 4) is 5.75 Å². The molecule has 9 heteroatoms. The lowest BCUT2D eigenvalue weighted by Crippen LogP contribution is -2.10. The number of aromatic amines is 1. The van der Waals surface area contributed by atoms with E-state index in [1.165, 1.54) is 24.8 Å². The first-order chi connectivity index (χ1) is 16.1. The molecule has 0 radical (unpaired) electrons. The van der Waals surface area contributed by atoms with Crippen molar-refractivity contribution in [3.63, 3.8) is 0 Å². The Kier molecular flexibility index (Phi) is 6.56. The lowest BCUT2D eigenvalue weighted by atomic mass is 10.0. The van der Waals surface area contributed by atoms with Crippen LogP contribution in [0, 0.1) is 13.8 Å². The van der Waals surface area contributed by atoms with E-state index in [1.54, 1.807) is 18.2 Å². The number of carboxylic acid groups (broad SMARTS) is 1. The summed E-state index contributed by atoms with van der Waals surface area (Å²) < 4.78 is 45.3. The third kappa shape index (κ3) is 5.04. The molecule has 0 fully saturated rings. The standard InChI is InChI=1S/C25H21F3N2O3S/c1-14-11-16(7-9-19(14)25(26,27)28)24(23-18-5-3-4-6-20(18)29-30-23)34-17-8-10-21(15(2)12-17)33-13-22(31)32/h3-12,24H,13H2,1-2H3,(H,29,30)(H,31,32). The number of rotatable bonds is 7. The largest absolute Gasteiger partial charge is 0.482 e. The third-order valence-electron chi connectivity index (χ3n) is 5.36. The van der Waals surface area contributed by atoms with Gasteiger partial charge >= 0.3 is 12.1 Å². The number of nitrogens with one attached hydrogen (secondary N) is 1. The van der Waals surface area contributed by atoms with Gasteiger partial charge in [-0.1, -0.05) is 30.3 Å². The minimum atomic E-state index is -4.42. The summed E-state index contributed by atoms with van der Waals surface area (Å²) in [6.45, 7) is 2.82. The van der Waals surface area contributed by atoms with Crippen molar-refractivity contribution < 1.29 is 27.8 Å². The van der Waals surface area contributed by atoms with Crippen molar-refractivity contribution in [1.29, 1.82) is 0 Å². The van der Waals surface area contributed by atoms with Gasteiger partial charge in [-0.3, -0.25) is 5.10 Å². The molecule has 3 aromatic carbocycles. The predicted octanol–water partition coefficient (Wildman–Crippen LogP) is 6.54. The molecule has 2 N–H and O–H groups in total. The number of aliphatic carboxylic acids is 1. The number of carboxylic acids is 1. The molecule has 176 valence electrons. The number of hydrogen-bond acceptors (Lipinski definition) is 4. The van der Waals surface area contributed by atoms with Crippen LogP contribution in [0.2, 0.25) is 0 Å². The molecular formula is C25H21F3N2O3S. The predicted molar refractivity (Wildman–Crippen MR) is 124 cm³/mol. The monoisotopic (exact) mass is 486 g/mol. The van der Waals surface area contributed by atoms with Crippen LogP contribution in [0.3, 0.4) is 0 Å². The van der Waals surface area contributed by atoms with Gasteiger partial charge in [0.25, 0.3) is 0 Å². The number of ether oxygens (including phenoxy) is 1. The minimum Gasteiger partial charge on any atom is -0.482 e. The van der Waals surface area contributed by atoms with Crippen LogP contribution >= 0.6 is 11.8 Å². The van der Waals surface area contributed by atoms with E-state index in [2.05, 4.69) is 10.2 Å². The van der Waals surface area contributed by atoms with E-state index in [-0.39, 0.29) is 10.8 Å². The zero-order valence-electron chi connectivity index (χ0n) is 18.3. The average Bonchev–Trinajstić information content (AvgIpc) is 3.19. The molecular weight excluding hydrogens is 465 g/mol. The zero-order chi connectivity index (χ0) is 24.5. The molecule has 0 amide bonds. The molecule has 4 rings (SSSR count). The van der Waals surface area contributed by atoms with E-state index in [0.29, 0.717) is 11.3 Å². The van der Waals surface area contributed by atoms with E-state index in [9.17, 15) is 18.0 Å². The first kappa shape index (κ1) is 23.7. The molecule has 1 unspecified atom stereocenters. The molecule has 0 saturated carbocycles. The van der Waals surface area contributed by atoms with Gasteiger partial charge < -0.3 is 9.84 Å². The molecule has 0 bridgehead atoms. The fraction of sp³-hybridized carbons (Fsp3) is 0.200. The number of para-hydroxylation sites is 1. The van der Waals surface area contributed by atoms with E-state index in [4.69, 9.17) is 9.84 Å². The van der Waals surface area contributed by atoms with Crippen LogP contribution in [0.4, 0.5) is 13.2 Å². The lowest BCUT2D eigenvalue weighted by Gasteiger charge is -2.19. The number of H-pyrrole nitrogens is 1. The van der Waals surface area contributed by atoms with E-state index in [0.717, 1.165) is 33.1 Å². The van der Waals surface area contributed by atoms with E-state index >= 15 is 0 Å². The number of nitrogens with zero attached hydrogens (tertiary/aromatic N) is 1. The number of carbonyl (C=O) groups is 1. The van der Waals surface area contributed by atoms with Crippen LogP contribution in [-0.4, -0.2) is 27.9 Å². The van der Waals surface area contributed by atoms with Crippen molar-refractivity contribution in [2.24, 2.45) is 0 Å². The van der Waals surface area contributed by atoms with Gasteiger partial charge in [0, 0.05) is 10.3 Å². The maximum Gasteiger partial charge on any atom is 0.416 e. The second kappa shape index (κ2) is 9.42. The van der Waals surface area contributed by atoms with E-state index < -0.39 is 24.3 Å². The molecule has 0 aliphatic carbocycles. The van der Waals surface area contributed by atoms with Crippen LogP contribution in [0.15, 0.2) is 65.6 Å². The Labute approximate surface area is 198 Å². The van der Waals surface area contributed by atoms with Crippen LogP contribution in [-0.2, 0) is 11.0 Å². The molecule has 0 aliphatic heterocycles. The Morgan fingerprint density at radius 1 is 1.09 bits per heavy atom. The fourth-order valence-electron chi connectivity index (χ4n) is 3.77. The number of fused-ring (bicyclic) bond motifs is 1. The Morgan fingerprint density at radius 2 is 1.85 bits per heavy atom. The second-order valence-corrected chi connectivity index (χ2v) is 9.01. The van der Waals surface area contributed by atoms with Gasteiger partial charge in [-0.15, -0.1) is 11.8 Å². The summed E-state index contributed by atoms with van der Waals surface area (Å²) >= 11 is 1.46. The smallest absolute Gasteiger partial charge is 0.416 e. The molecule has 1 heterocycles. The van der Waals surface area contributed by atoms with Gasteiger partial charge in [0.2, 0.25) is 0 Å². The summed E-state index contributed by atoms with van der Waals surface area (Å²) in [5.74, 6) is -0.609. The van der Waals surface area contributed by atoms with E-state index in [1.807, 2.05) is 37.3 Å². The minimum absolute atomic E-state index is 0.146. The summed E-state index contributed by atoms with van der Waals surface area (Å²) in [4.78, 5) is 11.6. The molecule has 1 atom stereocenters. The van der Waals surface area contributed by atoms with Gasteiger partial charge in [0.1, 0.15) is 5.75 Å². The maximum absolute atomic E-state index is 13.3. The first-order valence-electron chi connectivity index (χ1n) is 10.4. The van der Waals surface area contributed by atoms with Crippen molar-refractivity contribution in [3.05, 3.63) is 88.6 Å². The highest BCUT2D eigenvalue weighted by Crippen LogP contribution is 2.44.